The van der Waals surface area contributed by atoms with Crippen LogP contribution in [-0.4, -0.2) is 0 Å². The van der Waals surface area contributed by atoms with Crippen molar-refractivity contribution in [2.24, 2.45) is 5.73 Å². The lowest BCUT2D eigenvalue weighted by molar-refractivity contribution is 1.15. The van der Waals surface area contributed by atoms with E-state index in [2.05, 4.69) is 0 Å². The molecule has 0 rings (SSSR count). The fourth-order valence-corrected chi connectivity index (χ4v) is 1.02. The molecule has 12 heavy (non-hydrogen) atoms. The normalized spacial score (nSPS) is 15.2. The summed E-state index contributed by atoms with van der Waals surface area (Å²) < 4.78 is 0. The zero-order valence-electron chi connectivity index (χ0n) is 7.89. The molecule has 2 N–H and O–H groups in total. The van der Waals surface area contributed by atoms with Crippen molar-refractivity contribution in [3.63, 3.8) is 0 Å². The highest BCUT2D eigenvalue weighted by Gasteiger charge is 1.97. The third kappa shape index (κ3) is 3.63. The van der Waals surface area contributed by atoms with Crippen LogP contribution in [0.4, 0.5) is 0 Å². The van der Waals surface area contributed by atoms with Crippen molar-refractivity contribution < 1.29 is 0 Å². The van der Waals surface area contributed by atoms with Gasteiger partial charge in [-0.1, -0.05) is 30.7 Å². The Balaban J connectivity index is 4.65. The summed E-state index contributed by atoms with van der Waals surface area (Å²) in [5, 5.41) is 0.708. The third-order valence-electron chi connectivity index (χ3n) is 1.53. The summed E-state index contributed by atoms with van der Waals surface area (Å²) in [6.07, 6.45) is 6.63. The van der Waals surface area contributed by atoms with Gasteiger partial charge in [-0.25, -0.2) is 0 Å². The van der Waals surface area contributed by atoms with Gasteiger partial charge in [0.15, 0.2) is 0 Å². The van der Waals surface area contributed by atoms with Crippen molar-refractivity contribution in [1.82, 2.24) is 0 Å². The standard InChI is InChI=1S/C10H16ClN/c1-4-6-9(11)8(3)10(12)7-5-2/h4,6-7H,5,12H2,1-3H3/b6-4-,9-8+,10-7-. The van der Waals surface area contributed by atoms with E-state index >= 15 is 0 Å². The molecular weight excluding hydrogens is 170 g/mol. The van der Waals surface area contributed by atoms with Gasteiger partial charge in [0.1, 0.15) is 0 Å². The number of allylic oxidation sites excluding steroid dienone is 5. The second-order valence-corrected chi connectivity index (χ2v) is 2.95. The molecule has 0 amide bonds. The van der Waals surface area contributed by atoms with Crippen LogP contribution in [0.5, 0.6) is 0 Å². The first-order chi connectivity index (χ1) is 5.63. The van der Waals surface area contributed by atoms with Crippen LogP contribution in [0.1, 0.15) is 27.2 Å². The molecule has 1 nitrogen and oxygen atoms in total. The van der Waals surface area contributed by atoms with Crippen molar-refractivity contribution in [2.45, 2.75) is 27.2 Å². The lowest BCUT2D eigenvalue weighted by Gasteiger charge is -2.02. The lowest BCUT2D eigenvalue weighted by Crippen LogP contribution is -1.99. The molecular formula is C10H16ClN. The molecule has 2 heteroatoms. The second-order valence-electron chi connectivity index (χ2n) is 2.54. The summed E-state index contributed by atoms with van der Waals surface area (Å²) in [4.78, 5) is 0. The van der Waals surface area contributed by atoms with Gasteiger partial charge in [-0.15, -0.1) is 0 Å². The van der Waals surface area contributed by atoms with Crippen LogP contribution in [0.15, 0.2) is 34.5 Å². The number of rotatable bonds is 3. The van der Waals surface area contributed by atoms with Gasteiger partial charge in [-0.3, -0.25) is 0 Å². The molecule has 0 saturated carbocycles. The van der Waals surface area contributed by atoms with Gasteiger partial charge in [0.25, 0.3) is 0 Å². The van der Waals surface area contributed by atoms with Gasteiger partial charge in [-0.05, 0) is 31.9 Å². The van der Waals surface area contributed by atoms with Crippen LogP contribution in [0, 0.1) is 0 Å². The Morgan fingerprint density at radius 3 is 2.50 bits per heavy atom. The largest absolute Gasteiger partial charge is 0.399 e. The molecule has 0 radical (unpaired) electrons. The molecule has 0 aromatic rings. The fourth-order valence-electron chi connectivity index (χ4n) is 0.782. The second kappa shape index (κ2) is 5.90. The van der Waals surface area contributed by atoms with E-state index < -0.39 is 0 Å². The SMILES string of the molecule is C\C=C/C(Cl)=C(C)\C(N)=C\CC. The minimum Gasteiger partial charge on any atom is -0.399 e. The molecule has 0 bridgehead atoms. The molecule has 0 aromatic carbocycles. The average molecular weight is 186 g/mol. The molecule has 68 valence electrons. The summed E-state index contributed by atoms with van der Waals surface area (Å²) in [5.74, 6) is 0. The van der Waals surface area contributed by atoms with Gasteiger partial charge < -0.3 is 5.73 Å². The number of hydrogen-bond donors (Lipinski definition) is 1. The van der Waals surface area contributed by atoms with Crippen molar-refractivity contribution in [3.8, 4) is 0 Å². The molecule has 0 heterocycles. The zero-order chi connectivity index (χ0) is 9.56. The van der Waals surface area contributed by atoms with E-state index in [-0.39, 0.29) is 0 Å². The number of nitrogens with two attached hydrogens (primary N) is 1. The number of halogens is 1. The van der Waals surface area contributed by atoms with Crippen LogP contribution < -0.4 is 5.73 Å². The molecule has 0 aliphatic heterocycles. The van der Waals surface area contributed by atoms with Gasteiger partial charge in [0.2, 0.25) is 0 Å². The van der Waals surface area contributed by atoms with E-state index in [0.717, 1.165) is 17.7 Å². The minimum absolute atomic E-state index is 0.708. The highest BCUT2D eigenvalue weighted by atomic mass is 35.5. The Hall–Kier alpha value is -0.690. The third-order valence-corrected chi connectivity index (χ3v) is 1.94. The summed E-state index contributed by atoms with van der Waals surface area (Å²) in [6.45, 7) is 5.89. The van der Waals surface area contributed by atoms with E-state index in [9.17, 15) is 0 Å². The lowest BCUT2D eigenvalue weighted by atomic mass is 10.2. The monoisotopic (exact) mass is 185 g/mol. The maximum Gasteiger partial charge on any atom is 0.0452 e. The van der Waals surface area contributed by atoms with Crippen LogP contribution in [-0.2, 0) is 0 Å². The predicted octanol–water partition coefficient (Wildman–Crippen LogP) is 3.33. The van der Waals surface area contributed by atoms with Gasteiger partial charge in [0, 0.05) is 10.7 Å². The predicted molar refractivity (Wildman–Crippen MR) is 55.9 cm³/mol. The average Bonchev–Trinajstić information content (AvgIpc) is 2.04. The Labute approximate surface area is 79.6 Å². The first-order valence-corrected chi connectivity index (χ1v) is 4.46. The Kier molecular flexibility index (Phi) is 5.56. The highest BCUT2D eigenvalue weighted by Crippen LogP contribution is 2.15. The van der Waals surface area contributed by atoms with Crippen LogP contribution >= 0.6 is 11.6 Å². The van der Waals surface area contributed by atoms with E-state index in [4.69, 9.17) is 17.3 Å². The molecule has 0 unspecified atom stereocenters. The van der Waals surface area contributed by atoms with Gasteiger partial charge in [-0.2, -0.15) is 0 Å². The summed E-state index contributed by atoms with van der Waals surface area (Å²) >= 11 is 5.93. The topological polar surface area (TPSA) is 26.0 Å². The van der Waals surface area contributed by atoms with E-state index in [1.807, 2.05) is 39.0 Å². The summed E-state index contributed by atoms with van der Waals surface area (Å²) in [7, 11) is 0. The molecule has 0 fully saturated rings. The van der Waals surface area contributed by atoms with Crippen molar-refractivity contribution in [3.05, 3.63) is 34.5 Å². The van der Waals surface area contributed by atoms with Crippen LogP contribution in [0.3, 0.4) is 0 Å². The maximum atomic E-state index is 5.93. The van der Waals surface area contributed by atoms with Gasteiger partial charge >= 0.3 is 0 Å². The maximum absolute atomic E-state index is 5.93. The highest BCUT2D eigenvalue weighted by molar-refractivity contribution is 6.31. The van der Waals surface area contributed by atoms with Crippen molar-refractivity contribution >= 4 is 11.6 Å². The first-order valence-electron chi connectivity index (χ1n) is 4.08. The van der Waals surface area contributed by atoms with E-state index in [0.29, 0.717) is 5.03 Å². The Morgan fingerprint density at radius 1 is 1.50 bits per heavy atom. The molecule has 0 aliphatic carbocycles. The molecule has 0 aliphatic rings. The minimum atomic E-state index is 0.708. The van der Waals surface area contributed by atoms with E-state index in [1.165, 1.54) is 0 Å². The van der Waals surface area contributed by atoms with Crippen LogP contribution in [0.25, 0.3) is 0 Å². The van der Waals surface area contributed by atoms with Crippen molar-refractivity contribution in [1.29, 1.82) is 0 Å². The molecule has 0 spiro atoms. The first kappa shape index (κ1) is 11.3. The zero-order valence-corrected chi connectivity index (χ0v) is 8.65. The fraction of sp³-hybridized carbons (Fsp3) is 0.400. The molecule has 0 aromatic heterocycles. The van der Waals surface area contributed by atoms with Crippen LogP contribution in [0.2, 0.25) is 0 Å². The summed E-state index contributed by atoms with van der Waals surface area (Å²) in [6, 6.07) is 0. The number of hydrogen-bond acceptors (Lipinski definition) is 1. The van der Waals surface area contributed by atoms with Crippen molar-refractivity contribution in [2.75, 3.05) is 0 Å². The Morgan fingerprint density at radius 2 is 2.08 bits per heavy atom. The van der Waals surface area contributed by atoms with E-state index in [1.54, 1.807) is 0 Å². The van der Waals surface area contributed by atoms with Gasteiger partial charge in [0.05, 0.1) is 0 Å². The Bertz CT molecular complexity index is 224. The smallest absolute Gasteiger partial charge is 0.0452 e. The molecule has 0 saturated heterocycles. The quantitative estimate of drug-likeness (QED) is 0.671. The molecule has 0 atom stereocenters. The summed E-state index contributed by atoms with van der Waals surface area (Å²) in [5.41, 5.74) is 7.45.